The largest absolute Gasteiger partial charge is 0.238 e. The van der Waals surface area contributed by atoms with Crippen LogP contribution in [-0.2, 0) is 0 Å². The summed E-state index contributed by atoms with van der Waals surface area (Å²) in [7, 11) is 0. The van der Waals surface area contributed by atoms with Gasteiger partial charge in [-0.1, -0.05) is 45.2 Å². The van der Waals surface area contributed by atoms with Crippen LogP contribution in [0.25, 0.3) is 5.70 Å². The van der Waals surface area contributed by atoms with Crippen molar-refractivity contribution in [2.45, 2.75) is 20.8 Å². The van der Waals surface area contributed by atoms with Crippen LogP contribution in [0.15, 0.2) is 55.8 Å². The molecule has 1 rings (SSSR count). The lowest BCUT2D eigenvalue weighted by atomic mass is 10.3. The Morgan fingerprint density at radius 1 is 1.31 bits per heavy atom. The van der Waals surface area contributed by atoms with E-state index in [1.54, 1.807) is 18.3 Å². The Hall–Kier alpha value is -1.83. The molecule has 1 aromatic rings. The maximum Gasteiger partial charge on any atom is 0.0642 e. The number of rotatable bonds is 4. The van der Waals surface area contributed by atoms with Crippen molar-refractivity contribution in [3.05, 3.63) is 61.5 Å². The van der Waals surface area contributed by atoms with Gasteiger partial charge in [0.2, 0.25) is 0 Å². The number of hydrogen-bond acceptors (Lipinski definition) is 1. The molecule has 0 unspecified atom stereocenters. The summed E-state index contributed by atoms with van der Waals surface area (Å²) in [5.74, 6) is 0. The van der Waals surface area contributed by atoms with Gasteiger partial charge in [-0.3, -0.25) is 0 Å². The molecule has 0 radical (unpaired) electrons. The van der Waals surface area contributed by atoms with Crippen molar-refractivity contribution in [2.24, 2.45) is 0 Å². The van der Waals surface area contributed by atoms with Gasteiger partial charge in [-0.2, -0.15) is 5.10 Å². The molecule has 0 fully saturated rings. The molecule has 2 nitrogen and oxygen atoms in total. The molecule has 0 saturated heterocycles. The first kappa shape index (κ1) is 14.2. The molecule has 0 bridgehead atoms. The van der Waals surface area contributed by atoms with Crippen LogP contribution in [0.3, 0.4) is 0 Å². The third kappa shape index (κ3) is 4.13. The quantitative estimate of drug-likeness (QED) is 0.696. The fourth-order valence-corrected chi connectivity index (χ4v) is 1.10. The summed E-state index contributed by atoms with van der Waals surface area (Å²) in [5.41, 5.74) is 2.04. The van der Waals surface area contributed by atoms with Crippen molar-refractivity contribution < 1.29 is 0 Å². The van der Waals surface area contributed by atoms with E-state index in [-0.39, 0.29) is 0 Å². The van der Waals surface area contributed by atoms with Gasteiger partial charge >= 0.3 is 0 Å². The van der Waals surface area contributed by atoms with E-state index in [9.17, 15) is 0 Å². The Kier molecular flexibility index (Phi) is 7.51. The molecule has 0 saturated carbocycles. The summed E-state index contributed by atoms with van der Waals surface area (Å²) in [6.45, 7) is 13.3. The molecule has 0 amide bonds. The molecule has 0 aliphatic rings. The Balaban J connectivity index is 0.00000106. The second-order valence-corrected chi connectivity index (χ2v) is 2.80. The number of allylic oxidation sites excluding steroid dienone is 6. The van der Waals surface area contributed by atoms with Crippen molar-refractivity contribution in [3.8, 4) is 0 Å². The van der Waals surface area contributed by atoms with Gasteiger partial charge in [0, 0.05) is 11.9 Å². The highest BCUT2D eigenvalue weighted by atomic mass is 15.3. The molecule has 0 aromatic carbocycles. The minimum absolute atomic E-state index is 0.950. The predicted octanol–water partition coefficient (Wildman–Crippen LogP) is 3.99. The monoisotopic (exact) mass is 216 g/mol. The van der Waals surface area contributed by atoms with Crippen molar-refractivity contribution in [1.29, 1.82) is 0 Å². The first-order chi connectivity index (χ1) is 7.79. The molecule has 0 atom stereocenters. The van der Waals surface area contributed by atoms with Gasteiger partial charge < -0.3 is 0 Å². The van der Waals surface area contributed by atoms with E-state index in [2.05, 4.69) is 18.3 Å². The van der Waals surface area contributed by atoms with Gasteiger partial charge in [0.1, 0.15) is 0 Å². The summed E-state index contributed by atoms with van der Waals surface area (Å²) in [5, 5.41) is 4.18. The highest BCUT2D eigenvalue weighted by Gasteiger charge is 1.98. The van der Waals surface area contributed by atoms with Crippen molar-refractivity contribution in [2.75, 3.05) is 0 Å². The third-order valence-electron chi connectivity index (χ3n) is 1.80. The van der Waals surface area contributed by atoms with Crippen LogP contribution in [0.5, 0.6) is 0 Å². The van der Waals surface area contributed by atoms with Gasteiger partial charge in [0.15, 0.2) is 0 Å². The Morgan fingerprint density at radius 2 is 2.00 bits per heavy atom. The lowest BCUT2D eigenvalue weighted by Crippen LogP contribution is -1.98. The molecule has 0 aliphatic heterocycles. The normalized spacial score (nSPS) is 10.8. The minimum Gasteiger partial charge on any atom is -0.238 e. The van der Waals surface area contributed by atoms with Crippen LogP contribution >= 0.6 is 0 Å². The second-order valence-electron chi connectivity index (χ2n) is 2.80. The topological polar surface area (TPSA) is 17.8 Å². The summed E-state index contributed by atoms with van der Waals surface area (Å²) in [4.78, 5) is 0. The highest BCUT2D eigenvalue weighted by Crippen LogP contribution is 2.08. The first-order valence-corrected chi connectivity index (χ1v) is 5.42. The molecule has 2 heteroatoms. The minimum atomic E-state index is 0.950. The average molecular weight is 216 g/mol. The average Bonchev–Trinajstić information content (AvgIpc) is 2.74. The third-order valence-corrected chi connectivity index (χ3v) is 1.80. The zero-order valence-electron chi connectivity index (χ0n) is 10.4. The van der Waals surface area contributed by atoms with E-state index < -0.39 is 0 Å². The number of aromatic nitrogens is 2. The lowest BCUT2D eigenvalue weighted by molar-refractivity contribution is 0.875. The maximum absolute atomic E-state index is 4.18. The molecular formula is C14H20N2. The smallest absolute Gasteiger partial charge is 0.0642 e. The van der Waals surface area contributed by atoms with Crippen LogP contribution < -0.4 is 0 Å². The predicted molar refractivity (Wildman–Crippen MR) is 72.1 cm³/mol. The fourth-order valence-electron chi connectivity index (χ4n) is 1.10. The van der Waals surface area contributed by atoms with E-state index in [1.165, 1.54) is 0 Å². The summed E-state index contributed by atoms with van der Waals surface area (Å²) < 4.78 is 1.83. The highest BCUT2D eigenvalue weighted by molar-refractivity contribution is 5.58. The number of aryl methyl sites for hydroxylation is 1. The van der Waals surface area contributed by atoms with Crippen LogP contribution in [0.1, 0.15) is 19.5 Å². The van der Waals surface area contributed by atoms with Crippen LogP contribution in [0.4, 0.5) is 0 Å². The van der Waals surface area contributed by atoms with Gasteiger partial charge in [-0.05, 0) is 25.1 Å². The number of hydrogen-bond donors (Lipinski definition) is 0. The maximum atomic E-state index is 4.18. The lowest BCUT2D eigenvalue weighted by Gasteiger charge is -2.03. The molecule has 0 spiro atoms. The second kappa shape index (κ2) is 8.48. The van der Waals surface area contributed by atoms with Gasteiger partial charge in [-0.25, -0.2) is 4.68 Å². The molecule has 0 aliphatic carbocycles. The zero-order valence-corrected chi connectivity index (χ0v) is 10.4. The summed E-state index contributed by atoms with van der Waals surface area (Å²) in [6, 6.07) is 1.95. The van der Waals surface area contributed by atoms with E-state index in [1.807, 2.05) is 49.7 Å². The number of nitrogens with zero attached hydrogens (tertiary/aromatic N) is 2. The van der Waals surface area contributed by atoms with Crippen LogP contribution in [0.2, 0.25) is 0 Å². The Bertz CT molecular complexity index is 381. The van der Waals surface area contributed by atoms with E-state index in [0.717, 1.165) is 11.4 Å². The van der Waals surface area contributed by atoms with Crippen molar-refractivity contribution in [1.82, 2.24) is 9.78 Å². The zero-order chi connectivity index (χ0) is 12.4. The van der Waals surface area contributed by atoms with Crippen LogP contribution in [-0.4, -0.2) is 9.78 Å². The van der Waals surface area contributed by atoms with Gasteiger partial charge in [0.25, 0.3) is 0 Å². The molecule has 1 aromatic heterocycles. The van der Waals surface area contributed by atoms with Crippen LogP contribution in [0, 0.1) is 6.92 Å². The Labute approximate surface area is 98.3 Å². The summed E-state index contributed by atoms with van der Waals surface area (Å²) in [6.07, 6.45) is 11.0. The summed E-state index contributed by atoms with van der Waals surface area (Å²) >= 11 is 0. The van der Waals surface area contributed by atoms with Gasteiger partial charge in [-0.15, -0.1) is 0 Å². The molecule has 86 valence electrons. The SMILES string of the molecule is C=C/C=C\C=C(/C=C)n1nccc1C.CC. The molecule has 0 N–H and O–H groups in total. The first-order valence-electron chi connectivity index (χ1n) is 5.42. The van der Waals surface area contributed by atoms with Crippen molar-refractivity contribution in [3.63, 3.8) is 0 Å². The van der Waals surface area contributed by atoms with Crippen molar-refractivity contribution >= 4 is 5.70 Å². The fraction of sp³-hybridized carbons (Fsp3) is 0.214. The Morgan fingerprint density at radius 3 is 2.44 bits per heavy atom. The molecule has 1 heterocycles. The van der Waals surface area contributed by atoms with E-state index in [4.69, 9.17) is 0 Å². The molecular weight excluding hydrogens is 196 g/mol. The molecule has 16 heavy (non-hydrogen) atoms. The van der Waals surface area contributed by atoms with E-state index in [0.29, 0.717) is 0 Å². The standard InChI is InChI=1S/C12H14N2.C2H6/c1-4-6-7-8-12(5-2)14-11(3)9-10-13-14;1-2/h4-10H,1-2H2,3H3;1-2H3/b7-6-,12-8+;. The van der Waals surface area contributed by atoms with E-state index >= 15 is 0 Å². The van der Waals surface area contributed by atoms with Gasteiger partial charge in [0.05, 0.1) is 5.70 Å².